The Balaban J connectivity index is 2.03. The molecule has 2 rings (SSSR count). The Kier molecular flexibility index (Phi) is 4.79. The van der Waals surface area contributed by atoms with Crippen LogP contribution in [0, 0.1) is 13.8 Å². The van der Waals surface area contributed by atoms with Crippen molar-refractivity contribution >= 4 is 0 Å². The number of hydrogen-bond acceptors (Lipinski definition) is 2. The van der Waals surface area contributed by atoms with Gasteiger partial charge in [-0.3, -0.25) is 4.90 Å². The van der Waals surface area contributed by atoms with Crippen LogP contribution in [0.2, 0.25) is 0 Å². The average Bonchev–Trinajstić information content (AvgIpc) is 2.79. The molecule has 1 aromatic carbocycles. The summed E-state index contributed by atoms with van der Waals surface area (Å²) in [5, 5.41) is 3.49. The van der Waals surface area contributed by atoms with Gasteiger partial charge in [-0.25, -0.2) is 0 Å². The molecule has 1 aromatic rings. The van der Waals surface area contributed by atoms with Crippen molar-refractivity contribution in [2.75, 3.05) is 19.6 Å². The summed E-state index contributed by atoms with van der Waals surface area (Å²) < 4.78 is 0. The summed E-state index contributed by atoms with van der Waals surface area (Å²) in [5.41, 5.74) is 4.40. The summed E-state index contributed by atoms with van der Waals surface area (Å²) in [6.07, 6.45) is 2.69. The lowest BCUT2D eigenvalue weighted by Crippen LogP contribution is -2.37. The van der Waals surface area contributed by atoms with Gasteiger partial charge in [0.2, 0.25) is 0 Å². The first-order chi connectivity index (χ1) is 8.72. The molecule has 1 unspecified atom stereocenters. The van der Waals surface area contributed by atoms with E-state index in [1.807, 2.05) is 0 Å². The molecule has 0 aliphatic carbocycles. The van der Waals surface area contributed by atoms with Gasteiger partial charge in [0.1, 0.15) is 0 Å². The summed E-state index contributed by atoms with van der Waals surface area (Å²) >= 11 is 0. The van der Waals surface area contributed by atoms with E-state index in [0.717, 1.165) is 25.7 Å². The second-order valence-corrected chi connectivity index (χ2v) is 5.44. The molecule has 1 N–H and O–H groups in total. The lowest BCUT2D eigenvalue weighted by atomic mass is 10.0. The van der Waals surface area contributed by atoms with E-state index in [1.165, 1.54) is 36.1 Å². The predicted molar refractivity (Wildman–Crippen MR) is 77.9 cm³/mol. The molecule has 0 radical (unpaired) electrons. The Morgan fingerprint density at radius 3 is 2.67 bits per heavy atom. The van der Waals surface area contributed by atoms with Gasteiger partial charge in [0, 0.05) is 19.1 Å². The Bertz CT molecular complexity index is 366. The van der Waals surface area contributed by atoms with E-state index in [9.17, 15) is 0 Å². The van der Waals surface area contributed by atoms with E-state index < -0.39 is 0 Å². The molecule has 2 heteroatoms. The minimum Gasteiger partial charge on any atom is -0.315 e. The van der Waals surface area contributed by atoms with Crippen molar-refractivity contribution in [3.05, 3.63) is 34.9 Å². The molecular weight excluding hydrogens is 220 g/mol. The molecule has 1 atom stereocenters. The van der Waals surface area contributed by atoms with Crippen LogP contribution in [-0.2, 0) is 6.54 Å². The molecule has 1 heterocycles. The number of hydrogen-bond donors (Lipinski definition) is 1. The van der Waals surface area contributed by atoms with E-state index in [4.69, 9.17) is 0 Å². The van der Waals surface area contributed by atoms with E-state index >= 15 is 0 Å². The highest BCUT2D eigenvalue weighted by molar-refractivity contribution is 5.33. The Hall–Kier alpha value is -0.860. The van der Waals surface area contributed by atoms with Crippen molar-refractivity contribution in [3.8, 4) is 0 Å². The molecule has 1 saturated heterocycles. The molecule has 0 saturated carbocycles. The highest BCUT2D eigenvalue weighted by Gasteiger charge is 2.24. The van der Waals surface area contributed by atoms with Crippen LogP contribution in [0.5, 0.6) is 0 Å². The number of nitrogens with one attached hydrogen (secondary N) is 1. The lowest BCUT2D eigenvalue weighted by molar-refractivity contribution is 0.239. The molecule has 0 amide bonds. The van der Waals surface area contributed by atoms with Crippen molar-refractivity contribution < 1.29 is 0 Å². The summed E-state index contributed by atoms with van der Waals surface area (Å²) in [6.45, 7) is 11.2. The smallest absolute Gasteiger partial charge is 0.0242 e. The fraction of sp³-hybridized carbons (Fsp3) is 0.625. The molecule has 100 valence electrons. The molecule has 1 fully saturated rings. The Labute approximate surface area is 111 Å². The van der Waals surface area contributed by atoms with Crippen LogP contribution in [0.1, 0.15) is 36.5 Å². The molecule has 18 heavy (non-hydrogen) atoms. The lowest BCUT2D eigenvalue weighted by Gasteiger charge is -2.26. The summed E-state index contributed by atoms with van der Waals surface area (Å²) in [5.74, 6) is 0. The normalized spacial score (nSPS) is 20.5. The summed E-state index contributed by atoms with van der Waals surface area (Å²) in [7, 11) is 0. The number of rotatable bonds is 5. The maximum Gasteiger partial charge on any atom is 0.0242 e. The highest BCUT2D eigenvalue weighted by Crippen LogP contribution is 2.22. The van der Waals surface area contributed by atoms with Crippen molar-refractivity contribution in [2.45, 2.75) is 46.2 Å². The van der Waals surface area contributed by atoms with Crippen molar-refractivity contribution in [2.24, 2.45) is 0 Å². The molecule has 2 nitrogen and oxygen atoms in total. The van der Waals surface area contributed by atoms with Gasteiger partial charge < -0.3 is 5.32 Å². The third-order valence-electron chi connectivity index (χ3n) is 4.13. The third-order valence-corrected chi connectivity index (χ3v) is 4.13. The zero-order valence-corrected chi connectivity index (χ0v) is 12.0. The van der Waals surface area contributed by atoms with Crippen LogP contribution in [0.15, 0.2) is 18.2 Å². The van der Waals surface area contributed by atoms with Crippen LogP contribution < -0.4 is 5.32 Å². The predicted octanol–water partition coefficient (Wildman–Crippen LogP) is 2.88. The Morgan fingerprint density at radius 1 is 1.28 bits per heavy atom. The minimum atomic E-state index is 0.726. The largest absolute Gasteiger partial charge is 0.315 e. The molecule has 1 aliphatic heterocycles. The zero-order chi connectivity index (χ0) is 13.0. The van der Waals surface area contributed by atoms with Gasteiger partial charge in [0.25, 0.3) is 0 Å². The van der Waals surface area contributed by atoms with Crippen molar-refractivity contribution in [3.63, 3.8) is 0 Å². The standard InChI is InChI=1S/C16H26N2/c1-4-17-11-15-9-6-10-18(15)12-16-13(2)7-5-8-14(16)3/h5,7-8,15,17H,4,6,9-12H2,1-3H3. The molecular formula is C16H26N2. The second kappa shape index (κ2) is 6.35. The zero-order valence-electron chi connectivity index (χ0n) is 12.0. The van der Waals surface area contributed by atoms with Crippen LogP contribution in [0.3, 0.4) is 0 Å². The number of nitrogens with zero attached hydrogens (tertiary/aromatic N) is 1. The Morgan fingerprint density at radius 2 is 2.00 bits per heavy atom. The van der Waals surface area contributed by atoms with Crippen LogP contribution in [0.4, 0.5) is 0 Å². The fourth-order valence-electron chi connectivity index (χ4n) is 2.95. The van der Waals surface area contributed by atoms with Crippen LogP contribution >= 0.6 is 0 Å². The minimum absolute atomic E-state index is 0.726. The monoisotopic (exact) mass is 246 g/mol. The maximum absolute atomic E-state index is 3.49. The summed E-state index contributed by atoms with van der Waals surface area (Å²) in [6, 6.07) is 7.35. The van der Waals surface area contributed by atoms with Gasteiger partial charge in [0.05, 0.1) is 0 Å². The van der Waals surface area contributed by atoms with Gasteiger partial charge in [-0.15, -0.1) is 0 Å². The number of likely N-dealkylation sites (N-methyl/N-ethyl adjacent to an activating group) is 1. The quantitative estimate of drug-likeness (QED) is 0.859. The van der Waals surface area contributed by atoms with Crippen LogP contribution in [-0.4, -0.2) is 30.6 Å². The van der Waals surface area contributed by atoms with Gasteiger partial charge in [-0.2, -0.15) is 0 Å². The van der Waals surface area contributed by atoms with E-state index in [2.05, 4.69) is 49.2 Å². The first kappa shape index (κ1) is 13.6. The highest BCUT2D eigenvalue weighted by atomic mass is 15.2. The first-order valence-corrected chi connectivity index (χ1v) is 7.22. The van der Waals surface area contributed by atoms with Gasteiger partial charge in [-0.1, -0.05) is 25.1 Å². The molecule has 0 spiro atoms. The van der Waals surface area contributed by atoms with E-state index in [-0.39, 0.29) is 0 Å². The average molecular weight is 246 g/mol. The fourth-order valence-corrected chi connectivity index (χ4v) is 2.95. The van der Waals surface area contributed by atoms with E-state index in [1.54, 1.807) is 0 Å². The second-order valence-electron chi connectivity index (χ2n) is 5.44. The van der Waals surface area contributed by atoms with Crippen LogP contribution in [0.25, 0.3) is 0 Å². The number of benzene rings is 1. The van der Waals surface area contributed by atoms with Gasteiger partial charge >= 0.3 is 0 Å². The van der Waals surface area contributed by atoms with Crippen molar-refractivity contribution in [1.29, 1.82) is 0 Å². The maximum atomic E-state index is 3.49. The molecule has 1 aliphatic rings. The molecule has 0 bridgehead atoms. The number of aryl methyl sites for hydroxylation is 2. The van der Waals surface area contributed by atoms with Gasteiger partial charge in [-0.05, 0) is 56.5 Å². The third kappa shape index (κ3) is 3.12. The topological polar surface area (TPSA) is 15.3 Å². The molecule has 0 aromatic heterocycles. The van der Waals surface area contributed by atoms with Gasteiger partial charge in [0.15, 0.2) is 0 Å². The first-order valence-electron chi connectivity index (χ1n) is 7.22. The van der Waals surface area contributed by atoms with E-state index in [0.29, 0.717) is 0 Å². The van der Waals surface area contributed by atoms with Crippen molar-refractivity contribution in [1.82, 2.24) is 10.2 Å². The SMILES string of the molecule is CCNCC1CCCN1Cc1c(C)cccc1C. The number of likely N-dealkylation sites (tertiary alicyclic amines) is 1. The summed E-state index contributed by atoms with van der Waals surface area (Å²) in [4.78, 5) is 2.65.